The van der Waals surface area contributed by atoms with Crippen LogP contribution in [0.4, 0.5) is 5.69 Å². The predicted octanol–water partition coefficient (Wildman–Crippen LogP) is 2.97. The van der Waals surface area contributed by atoms with E-state index in [2.05, 4.69) is 16.0 Å². The SMILES string of the molecule is CCCNC(=O)c1cccc(NC(=O)[C@@]23CCCC[C@H]2CNC3)c1.Cl. The predicted molar refractivity (Wildman–Crippen MR) is 102 cm³/mol. The molecule has 1 aromatic rings. The minimum absolute atomic E-state index is 0. The van der Waals surface area contributed by atoms with Crippen molar-refractivity contribution in [3.05, 3.63) is 29.8 Å². The maximum Gasteiger partial charge on any atom is 0.251 e. The Bertz CT molecular complexity index is 622. The average molecular weight is 366 g/mol. The van der Waals surface area contributed by atoms with E-state index in [4.69, 9.17) is 0 Å². The number of carbonyl (C=O) groups excluding carboxylic acids is 2. The summed E-state index contributed by atoms with van der Waals surface area (Å²) in [6.07, 6.45) is 5.31. The summed E-state index contributed by atoms with van der Waals surface area (Å²) in [5, 5.41) is 9.33. The Morgan fingerprint density at radius 3 is 2.96 bits per heavy atom. The first-order valence-corrected chi connectivity index (χ1v) is 9.06. The normalized spacial score (nSPS) is 24.8. The fraction of sp³-hybridized carbons (Fsp3) is 0.579. The second-order valence-corrected chi connectivity index (χ2v) is 7.02. The van der Waals surface area contributed by atoms with Crippen molar-refractivity contribution < 1.29 is 9.59 Å². The van der Waals surface area contributed by atoms with Crippen molar-refractivity contribution in [1.82, 2.24) is 10.6 Å². The highest BCUT2D eigenvalue weighted by molar-refractivity contribution is 5.99. The van der Waals surface area contributed by atoms with Crippen molar-refractivity contribution in [2.24, 2.45) is 11.3 Å². The number of carbonyl (C=O) groups is 2. The van der Waals surface area contributed by atoms with Gasteiger partial charge in [-0.15, -0.1) is 12.4 Å². The van der Waals surface area contributed by atoms with Crippen LogP contribution in [0, 0.1) is 11.3 Å². The average Bonchev–Trinajstić information content (AvgIpc) is 3.05. The zero-order valence-electron chi connectivity index (χ0n) is 14.8. The molecule has 2 fully saturated rings. The Morgan fingerprint density at radius 1 is 1.32 bits per heavy atom. The fourth-order valence-corrected chi connectivity index (χ4v) is 4.02. The third-order valence-corrected chi connectivity index (χ3v) is 5.41. The van der Waals surface area contributed by atoms with Crippen LogP contribution in [0.25, 0.3) is 0 Å². The van der Waals surface area contributed by atoms with Crippen molar-refractivity contribution in [3.63, 3.8) is 0 Å². The van der Waals surface area contributed by atoms with Crippen molar-refractivity contribution in [3.8, 4) is 0 Å². The molecule has 6 heteroatoms. The largest absolute Gasteiger partial charge is 0.352 e. The maximum atomic E-state index is 13.0. The number of halogens is 1. The van der Waals surface area contributed by atoms with E-state index in [1.807, 2.05) is 19.1 Å². The Labute approximate surface area is 155 Å². The number of rotatable bonds is 5. The van der Waals surface area contributed by atoms with Gasteiger partial charge in [0.2, 0.25) is 5.91 Å². The number of amides is 2. The van der Waals surface area contributed by atoms with Gasteiger partial charge in [-0.3, -0.25) is 9.59 Å². The van der Waals surface area contributed by atoms with Crippen molar-refractivity contribution in [2.45, 2.75) is 39.0 Å². The third-order valence-electron chi connectivity index (χ3n) is 5.41. The number of fused-ring (bicyclic) bond motifs is 1. The minimum Gasteiger partial charge on any atom is -0.352 e. The van der Waals surface area contributed by atoms with Gasteiger partial charge in [0.1, 0.15) is 0 Å². The summed E-state index contributed by atoms with van der Waals surface area (Å²) in [6, 6.07) is 7.21. The number of hydrogen-bond acceptors (Lipinski definition) is 3. The molecule has 0 spiro atoms. The van der Waals surface area contributed by atoms with Gasteiger partial charge in [-0.25, -0.2) is 0 Å². The number of hydrogen-bond donors (Lipinski definition) is 3. The molecular weight excluding hydrogens is 338 g/mol. The summed E-state index contributed by atoms with van der Waals surface area (Å²) >= 11 is 0. The Morgan fingerprint density at radius 2 is 2.16 bits per heavy atom. The molecule has 3 N–H and O–H groups in total. The molecule has 2 aliphatic rings. The molecule has 0 aromatic heterocycles. The van der Waals surface area contributed by atoms with E-state index in [0.717, 1.165) is 38.8 Å². The third kappa shape index (κ3) is 4.15. The zero-order chi connectivity index (χ0) is 17.0. The number of benzene rings is 1. The van der Waals surface area contributed by atoms with Crippen LogP contribution in [0.5, 0.6) is 0 Å². The minimum atomic E-state index is -0.279. The van der Waals surface area contributed by atoms with E-state index in [1.54, 1.807) is 12.1 Å². The van der Waals surface area contributed by atoms with E-state index in [1.165, 1.54) is 6.42 Å². The van der Waals surface area contributed by atoms with Gasteiger partial charge < -0.3 is 16.0 Å². The Balaban J connectivity index is 0.00000225. The van der Waals surface area contributed by atoms with Gasteiger partial charge in [-0.05, 0) is 49.9 Å². The van der Waals surface area contributed by atoms with Gasteiger partial charge in [0, 0.05) is 24.3 Å². The maximum absolute atomic E-state index is 13.0. The van der Waals surface area contributed by atoms with Crippen molar-refractivity contribution >= 4 is 29.9 Å². The molecule has 0 bridgehead atoms. The lowest BCUT2D eigenvalue weighted by molar-refractivity contribution is -0.128. The molecule has 0 radical (unpaired) electrons. The standard InChI is InChI=1S/C19H27N3O2.ClH/c1-2-10-21-17(23)14-6-5-8-16(11-14)22-18(24)19-9-4-3-7-15(19)12-20-13-19;/h5-6,8,11,15,20H,2-4,7,9-10,12-13H2,1H3,(H,21,23)(H,22,24);1H/t15-,19+;/m0./s1. The summed E-state index contributed by atoms with van der Waals surface area (Å²) in [5.74, 6) is 0.440. The summed E-state index contributed by atoms with van der Waals surface area (Å²) in [7, 11) is 0. The second kappa shape index (κ2) is 8.68. The lowest BCUT2D eigenvalue weighted by atomic mass is 9.67. The molecule has 1 saturated heterocycles. The second-order valence-electron chi connectivity index (χ2n) is 7.02. The molecule has 1 aromatic carbocycles. The van der Waals surface area contributed by atoms with E-state index in [0.29, 0.717) is 23.7 Å². The van der Waals surface area contributed by atoms with Crippen LogP contribution >= 0.6 is 12.4 Å². The molecule has 5 nitrogen and oxygen atoms in total. The van der Waals surface area contributed by atoms with E-state index < -0.39 is 0 Å². The van der Waals surface area contributed by atoms with E-state index in [9.17, 15) is 9.59 Å². The van der Waals surface area contributed by atoms with Crippen molar-refractivity contribution in [2.75, 3.05) is 25.0 Å². The molecule has 1 aliphatic carbocycles. The van der Waals surface area contributed by atoms with Crippen LogP contribution in [-0.2, 0) is 4.79 Å². The van der Waals surface area contributed by atoms with Gasteiger partial charge >= 0.3 is 0 Å². The van der Waals surface area contributed by atoms with Gasteiger partial charge in [-0.1, -0.05) is 25.8 Å². The number of nitrogens with one attached hydrogen (secondary N) is 3. The summed E-state index contributed by atoms with van der Waals surface area (Å²) < 4.78 is 0. The molecule has 1 aliphatic heterocycles. The summed E-state index contributed by atoms with van der Waals surface area (Å²) in [4.78, 5) is 25.1. The monoisotopic (exact) mass is 365 g/mol. The van der Waals surface area contributed by atoms with Gasteiger partial charge in [0.25, 0.3) is 5.91 Å². The molecule has 1 saturated carbocycles. The number of anilines is 1. The molecule has 0 unspecified atom stereocenters. The lowest BCUT2D eigenvalue weighted by Crippen LogP contribution is -2.44. The highest BCUT2D eigenvalue weighted by atomic mass is 35.5. The van der Waals surface area contributed by atoms with Crippen LogP contribution in [-0.4, -0.2) is 31.4 Å². The van der Waals surface area contributed by atoms with E-state index in [-0.39, 0.29) is 29.6 Å². The summed E-state index contributed by atoms with van der Waals surface area (Å²) in [5.41, 5.74) is 1.01. The first kappa shape index (κ1) is 19.7. The first-order chi connectivity index (χ1) is 11.7. The Hall–Kier alpha value is -1.59. The zero-order valence-corrected chi connectivity index (χ0v) is 15.6. The van der Waals surface area contributed by atoms with Crippen LogP contribution in [0.15, 0.2) is 24.3 Å². The first-order valence-electron chi connectivity index (χ1n) is 9.06. The van der Waals surface area contributed by atoms with Crippen LogP contribution in [0.3, 0.4) is 0 Å². The topological polar surface area (TPSA) is 70.2 Å². The summed E-state index contributed by atoms with van der Waals surface area (Å²) in [6.45, 7) is 4.38. The van der Waals surface area contributed by atoms with Crippen LogP contribution in [0.1, 0.15) is 49.4 Å². The molecule has 2 atom stereocenters. The molecule has 3 rings (SSSR count). The fourth-order valence-electron chi connectivity index (χ4n) is 4.02. The molecular formula is C19H28ClN3O2. The molecule has 25 heavy (non-hydrogen) atoms. The highest BCUT2D eigenvalue weighted by Gasteiger charge is 2.49. The lowest BCUT2D eigenvalue weighted by Gasteiger charge is -2.37. The smallest absolute Gasteiger partial charge is 0.251 e. The van der Waals surface area contributed by atoms with Crippen LogP contribution < -0.4 is 16.0 Å². The quantitative estimate of drug-likeness (QED) is 0.751. The van der Waals surface area contributed by atoms with Gasteiger partial charge in [-0.2, -0.15) is 0 Å². The van der Waals surface area contributed by atoms with E-state index >= 15 is 0 Å². The van der Waals surface area contributed by atoms with Gasteiger partial charge in [0.05, 0.1) is 5.41 Å². The molecule has 138 valence electrons. The Kier molecular flexibility index (Phi) is 6.85. The van der Waals surface area contributed by atoms with Gasteiger partial charge in [0.15, 0.2) is 0 Å². The van der Waals surface area contributed by atoms with Crippen LogP contribution in [0.2, 0.25) is 0 Å². The highest BCUT2D eigenvalue weighted by Crippen LogP contribution is 2.44. The molecule has 2 amide bonds. The van der Waals surface area contributed by atoms with Crippen molar-refractivity contribution in [1.29, 1.82) is 0 Å². The molecule has 1 heterocycles.